The number of carbonyl (C=O) groups excluding carboxylic acids is 1. The van der Waals surface area contributed by atoms with E-state index >= 15 is 0 Å². The van der Waals surface area contributed by atoms with Crippen molar-refractivity contribution in [3.8, 4) is 0 Å². The van der Waals surface area contributed by atoms with Gasteiger partial charge in [0.15, 0.2) is 6.04 Å². The Morgan fingerprint density at radius 3 is 2.39 bits per heavy atom. The third-order valence-electron chi connectivity index (χ3n) is 7.96. The van der Waals surface area contributed by atoms with Crippen molar-refractivity contribution >= 4 is 11.6 Å². The van der Waals surface area contributed by atoms with E-state index in [0.717, 1.165) is 11.3 Å². The van der Waals surface area contributed by atoms with Gasteiger partial charge in [0.05, 0.1) is 23.0 Å². The highest BCUT2D eigenvalue weighted by atomic mass is 19.4. The van der Waals surface area contributed by atoms with Crippen molar-refractivity contribution in [1.29, 1.82) is 0 Å². The summed E-state index contributed by atoms with van der Waals surface area (Å²) in [4.78, 5) is 17.8. The molecule has 1 unspecified atom stereocenters. The monoisotopic (exact) mass is 458 g/mol. The number of nitrogens with zero attached hydrogens (tertiary/aromatic N) is 2. The van der Waals surface area contributed by atoms with Crippen molar-refractivity contribution in [2.75, 3.05) is 12.4 Å². The number of amides is 1. The first-order valence-electron chi connectivity index (χ1n) is 11.3. The number of halogens is 3. The second kappa shape index (κ2) is 6.95. The maximum absolute atomic E-state index is 14.0. The van der Waals surface area contributed by atoms with Gasteiger partial charge in [-0.3, -0.25) is 9.78 Å². The molecule has 0 spiro atoms. The number of pyridine rings is 1. The fourth-order valence-electron chi connectivity index (χ4n) is 6.25. The van der Waals surface area contributed by atoms with E-state index in [1.165, 1.54) is 30.4 Å². The minimum atomic E-state index is -4.63. The summed E-state index contributed by atoms with van der Waals surface area (Å²) in [7, 11) is 1.22. The largest absolute Gasteiger partial charge is 0.414 e. The molecule has 0 aliphatic heterocycles. The van der Waals surface area contributed by atoms with Crippen molar-refractivity contribution in [1.82, 2.24) is 9.88 Å². The van der Waals surface area contributed by atoms with Gasteiger partial charge in [-0.05, 0) is 48.9 Å². The second-order valence-corrected chi connectivity index (χ2v) is 10.8. The molecule has 6 rings (SSSR count). The van der Waals surface area contributed by atoms with Gasteiger partial charge < -0.3 is 16.0 Å². The Morgan fingerprint density at radius 2 is 1.85 bits per heavy atom. The Kier molecular flexibility index (Phi) is 4.67. The lowest BCUT2D eigenvalue weighted by Gasteiger charge is -2.68. The molecule has 5 nitrogen and oxygen atoms in total. The van der Waals surface area contributed by atoms with Gasteiger partial charge in [0.1, 0.15) is 0 Å². The van der Waals surface area contributed by atoms with Crippen LogP contribution >= 0.6 is 0 Å². The molecule has 2 atom stereocenters. The van der Waals surface area contributed by atoms with Gasteiger partial charge in [0.2, 0.25) is 5.91 Å². The molecule has 1 aromatic heterocycles. The Hall–Kier alpha value is -2.61. The van der Waals surface area contributed by atoms with E-state index in [2.05, 4.69) is 36.3 Å². The molecule has 4 aliphatic rings. The van der Waals surface area contributed by atoms with Crippen molar-refractivity contribution in [2.24, 2.45) is 11.1 Å². The minimum Gasteiger partial charge on any atom is -0.380 e. The number of hydrogen-bond acceptors (Lipinski definition) is 4. The molecule has 1 aromatic carbocycles. The number of anilines is 1. The molecular formula is C25H29F3N4O. The number of carbonyl (C=O) groups is 1. The minimum absolute atomic E-state index is 0.0954. The molecule has 176 valence electrons. The summed E-state index contributed by atoms with van der Waals surface area (Å²) in [5, 5.41) is 3.45. The highest BCUT2D eigenvalue weighted by Gasteiger charge is 2.71. The van der Waals surface area contributed by atoms with E-state index in [4.69, 9.17) is 5.73 Å². The zero-order chi connectivity index (χ0) is 23.8. The Balaban J connectivity index is 1.33. The van der Waals surface area contributed by atoms with Crippen molar-refractivity contribution < 1.29 is 18.0 Å². The van der Waals surface area contributed by atoms with E-state index in [9.17, 15) is 18.0 Å². The standard InChI is InChI=1S/C25H29F3N4O/c1-22(2)17-7-5-4-6-15(17)10-19(22)31-16-8-9-18(30-11-16)20(25(26,27)28)32(3)21(33)23-12-24(29,13-23)14-23/h4-9,11,19-20,31H,10,12-14,29H2,1-3H3/t19?,20-,23?,24?/m0/s1. The smallest absolute Gasteiger partial charge is 0.380 e. The quantitative estimate of drug-likeness (QED) is 0.699. The molecule has 8 heteroatoms. The second-order valence-electron chi connectivity index (χ2n) is 10.8. The topological polar surface area (TPSA) is 71.2 Å². The van der Waals surface area contributed by atoms with Crippen LogP contribution in [0.3, 0.4) is 0 Å². The summed E-state index contributed by atoms with van der Waals surface area (Å²) in [5.41, 5.74) is 7.81. The van der Waals surface area contributed by atoms with Gasteiger partial charge in [0.25, 0.3) is 0 Å². The molecule has 4 aliphatic carbocycles. The van der Waals surface area contributed by atoms with E-state index in [1.807, 2.05) is 12.1 Å². The zero-order valence-electron chi connectivity index (χ0n) is 19.0. The van der Waals surface area contributed by atoms with E-state index in [-0.39, 0.29) is 22.7 Å². The van der Waals surface area contributed by atoms with Crippen LogP contribution in [0.2, 0.25) is 0 Å². The van der Waals surface area contributed by atoms with Crippen LogP contribution in [0.1, 0.15) is 56.0 Å². The average Bonchev–Trinajstić information content (AvgIpc) is 2.95. The van der Waals surface area contributed by atoms with E-state index < -0.39 is 23.5 Å². The van der Waals surface area contributed by atoms with Crippen LogP contribution in [-0.2, 0) is 16.6 Å². The van der Waals surface area contributed by atoms with Crippen molar-refractivity contribution in [3.63, 3.8) is 0 Å². The SMILES string of the molecule is CN(C(=O)C12CC(N)(C1)C2)[C@@H](c1ccc(NC2Cc3ccccc3C2(C)C)cn1)C(F)(F)F. The molecule has 3 N–H and O–H groups in total. The summed E-state index contributed by atoms with van der Waals surface area (Å²) >= 11 is 0. The fraction of sp³-hybridized carbons (Fsp3) is 0.520. The van der Waals surface area contributed by atoms with Crippen LogP contribution in [0.4, 0.5) is 18.9 Å². The Bertz CT molecular complexity index is 1080. The van der Waals surface area contributed by atoms with Crippen LogP contribution < -0.4 is 11.1 Å². The number of hydrogen-bond donors (Lipinski definition) is 2. The predicted molar refractivity (Wildman–Crippen MR) is 120 cm³/mol. The molecule has 3 fully saturated rings. The van der Waals surface area contributed by atoms with Crippen molar-refractivity contribution in [2.45, 2.75) is 68.7 Å². The first kappa shape index (κ1) is 22.2. The van der Waals surface area contributed by atoms with Crippen molar-refractivity contribution in [3.05, 3.63) is 59.4 Å². The predicted octanol–water partition coefficient (Wildman–Crippen LogP) is 4.34. The first-order chi connectivity index (χ1) is 15.3. The number of rotatable bonds is 5. The average molecular weight is 459 g/mol. The molecule has 1 heterocycles. The van der Waals surface area contributed by atoms with Crippen LogP contribution in [0, 0.1) is 5.41 Å². The molecule has 0 saturated heterocycles. The number of fused-ring (bicyclic) bond motifs is 1. The van der Waals surface area contributed by atoms with Crippen LogP contribution in [0.25, 0.3) is 0 Å². The van der Waals surface area contributed by atoms with Gasteiger partial charge in [-0.25, -0.2) is 0 Å². The Morgan fingerprint density at radius 1 is 1.18 bits per heavy atom. The highest BCUT2D eigenvalue weighted by molar-refractivity contribution is 5.87. The van der Waals surface area contributed by atoms with Crippen LogP contribution in [-0.4, -0.2) is 40.6 Å². The van der Waals surface area contributed by atoms with Gasteiger partial charge >= 0.3 is 6.18 Å². The summed E-state index contributed by atoms with van der Waals surface area (Å²) in [6.07, 6.45) is -0.985. The lowest BCUT2D eigenvalue weighted by molar-refractivity contribution is -0.211. The fourth-order valence-corrected chi connectivity index (χ4v) is 6.25. The molecule has 1 amide bonds. The van der Waals surface area contributed by atoms with Crippen LogP contribution in [0.15, 0.2) is 42.6 Å². The number of alkyl halides is 3. The van der Waals surface area contributed by atoms with E-state index in [1.54, 1.807) is 6.07 Å². The molecule has 2 bridgehead atoms. The summed E-state index contributed by atoms with van der Waals surface area (Å²) in [6, 6.07) is 9.27. The summed E-state index contributed by atoms with van der Waals surface area (Å²) in [5.74, 6) is -0.494. The maximum Gasteiger partial charge on any atom is 0.414 e. The van der Waals surface area contributed by atoms with Gasteiger partial charge in [-0.15, -0.1) is 0 Å². The van der Waals surface area contributed by atoms with Gasteiger partial charge in [0, 0.05) is 24.0 Å². The zero-order valence-corrected chi connectivity index (χ0v) is 19.0. The van der Waals surface area contributed by atoms with Gasteiger partial charge in [-0.1, -0.05) is 38.1 Å². The maximum atomic E-state index is 14.0. The Labute approximate surface area is 191 Å². The first-order valence-corrected chi connectivity index (χ1v) is 11.3. The third-order valence-corrected chi connectivity index (χ3v) is 7.96. The third kappa shape index (κ3) is 3.41. The number of nitrogens with one attached hydrogen (secondary N) is 1. The lowest BCUT2D eigenvalue weighted by atomic mass is 9.39. The van der Waals surface area contributed by atoms with E-state index in [0.29, 0.717) is 24.9 Å². The normalized spacial score (nSPS) is 30.0. The number of aromatic nitrogens is 1. The molecule has 2 aromatic rings. The lowest BCUT2D eigenvalue weighted by Crippen LogP contribution is -2.76. The number of benzene rings is 1. The highest BCUT2D eigenvalue weighted by Crippen LogP contribution is 2.66. The molecule has 3 saturated carbocycles. The molecule has 0 radical (unpaired) electrons. The molecule has 33 heavy (non-hydrogen) atoms. The summed E-state index contributed by atoms with van der Waals surface area (Å²) < 4.78 is 42.1. The number of nitrogens with two attached hydrogens (primary N) is 1. The van der Waals surface area contributed by atoms with Crippen LogP contribution in [0.5, 0.6) is 0 Å². The summed E-state index contributed by atoms with van der Waals surface area (Å²) in [6.45, 7) is 4.32. The van der Waals surface area contributed by atoms with Gasteiger partial charge in [-0.2, -0.15) is 13.2 Å². The molecular weight excluding hydrogens is 429 g/mol.